The summed E-state index contributed by atoms with van der Waals surface area (Å²) in [6.45, 7) is 10.4. The molecule has 4 aliphatic rings. The highest BCUT2D eigenvalue weighted by Gasteiger charge is 2.61. The summed E-state index contributed by atoms with van der Waals surface area (Å²) in [6.07, 6.45) is 10.1. The molecule has 0 bridgehead atoms. The monoisotopic (exact) mass is 504 g/mol. The van der Waals surface area contributed by atoms with Crippen molar-refractivity contribution in [3.63, 3.8) is 0 Å². The summed E-state index contributed by atoms with van der Waals surface area (Å²) in [7, 11) is 3.96. The number of carbonyl (C=O) groups excluding carboxylic acids is 2. The number of aliphatic hydroxyl groups is 1. The lowest BCUT2D eigenvalue weighted by atomic mass is 9.44. The molecule has 0 aromatic heterocycles. The van der Waals surface area contributed by atoms with Crippen LogP contribution in [0.2, 0.25) is 0 Å². The normalized spacial score (nSPS) is 42.8. The maximum absolute atomic E-state index is 12.4. The SMILES string of the molecule is CC(=O)[C@H]1CC[C@H]2[C@@H]3CC[C@H]4C[C@](C)(OC(O)CCC(=O)NCCN(C)C)CC[C@]4(C)[C@H]3CC[C@]12C. The summed E-state index contributed by atoms with van der Waals surface area (Å²) in [5, 5.41) is 13.6. The van der Waals surface area contributed by atoms with Gasteiger partial charge in [0.15, 0.2) is 6.29 Å². The molecule has 0 radical (unpaired) electrons. The second kappa shape index (κ2) is 10.6. The zero-order valence-corrected chi connectivity index (χ0v) is 23.8. The molecule has 2 N–H and O–H groups in total. The maximum Gasteiger partial charge on any atom is 0.220 e. The molecule has 6 heteroatoms. The quantitative estimate of drug-likeness (QED) is 0.442. The molecule has 0 spiro atoms. The highest BCUT2D eigenvalue weighted by molar-refractivity contribution is 5.79. The van der Waals surface area contributed by atoms with Gasteiger partial charge in [0.25, 0.3) is 0 Å². The Balaban J connectivity index is 1.32. The van der Waals surface area contributed by atoms with Gasteiger partial charge in [0.1, 0.15) is 5.78 Å². The molecule has 4 saturated carbocycles. The van der Waals surface area contributed by atoms with Crippen LogP contribution in [0.1, 0.15) is 98.3 Å². The highest BCUT2D eigenvalue weighted by atomic mass is 16.6. The summed E-state index contributed by atoms with van der Waals surface area (Å²) in [5.74, 6) is 3.49. The van der Waals surface area contributed by atoms with Gasteiger partial charge in [-0.1, -0.05) is 13.8 Å². The lowest BCUT2D eigenvalue weighted by Gasteiger charge is -2.62. The van der Waals surface area contributed by atoms with E-state index in [9.17, 15) is 14.7 Å². The average Bonchev–Trinajstić information content (AvgIpc) is 3.15. The molecule has 4 fully saturated rings. The Hall–Kier alpha value is -0.980. The number of nitrogens with one attached hydrogen (secondary N) is 1. The number of Topliss-reactive ketones (excluding diaryl/α,β-unsaturated/α-hetero) is 1. The number of nitrogens with zero attached hydrogens (tertiary/aromatic N) is 1. The van der Waals surface area contributed by atoms with Crippen molar-refractivity contribution in [3.05, 3.63) is 0 Å². The van der Waals surface area contributed by atoms with Gasteiger partial charge in [0.05, 0.1) is 5.60 Å². The third kappa shape index (κ3) is 5.42. The Kier molecular flexibility index (Phi) is 8.29. The van der Waals surface area contributed by atoms with Gasteiger partial charge in [0, 0.05) is 31.8 Å². The molecule has 0 heterocycles. The predicted molar refractivity (Wildman–Crippen MR) is 142 cm³/mol. The first kappa shape index (κ1) is 28.0. The second-order valence-corrected chi connectivity index (χ2v) is 13.9. The van der Waals surface area contributed by atoms with Crippen LogP contribution >= 0.6 is 0 Å². The predicted octanol–water partition coefficient (Wildman–Crippen LogP) is 4.79. The highest BCUT2D eigenvalue weighted by Crippen LogP contribution is 2.68. The fourth-order valence-corrected chi connectivity index (χ4v) is 9.34. The first-order valence-electron chi connectivity index (χ1n) is 14.7. The third-order valence-corrected chi connectivity index (χ3v) is 11.3. The fraction of sp³-hybridized carbons (Fsp3) is 0.933. The van der Waals surface area contributed by atoms with E-state index in [0.717, 1.165) is 44.1 Å². The number of aliphatic hydroxyl groups excluding tert-OH is 1. The molecule has 4 rings (SSSR count). The topological polar surface area (TPSA) is 78.9 Å². The van der Waals surface area contributed by atoms with E-state index in [1.807, 2.05) is 25.9 Å². The number of ether oxygens (including phenoxy) is 1. The van der Waals surface area contributed by atoms with Gasteiger partial charge >= 0.3 is 0 Å². The molecule has 0 aromatic carbocycles. The van der Waals surface area contributed by atoms with Crippen LogP contribution in [0.3, 0.4) is 0 Å². The zero-order chi connectivity index (χ0) is 26.3. The van der Waals surface area contributed by atoms with Gasteiger partial charge < -0.3 is 20.1 Å². The molecule has 1 unspecified atom stereocenters. The van der Waals surface area contributed by atoms with Crippen molar-refractivity contribution in [1.82, 2.24) is 10.2 Å². The molecule has 0 aliphatic heterocycles. The minimum atomic E-state index is -0.896. The molecule has 4 aliphatic carbocycles. The number of amides is 1. The largest absolute Gasteiger partial charge is 0.368 e. The Morgan fingerprint density at radius 2 is 1.72 bits per heavy atom. The molecule has 6 nitrogen and oxygen atoms in total. The van der Waals surface area contributed by atoms with E-state index >= 15 is 0 Å². The van der Waals surface area contributed by atoms with E-state index < -0.39 is 6.29 Å². The number of carbonyl (C=O) groups is 2. The average molecular weight is 505 g/mol. The summed E-state index contributed by atoms with van der Waals surface area (Å²) in [6, 6.07) is 0. The lowest BCUT2D eigenvalue weighted by molar-refractivity contribution is -0.223. The van der Waals surface area contributed by atoms with Crippen LogP contribution in [0.5, 0.6) is 0 Å². The van der Waals surface area contributed by atoms with Crippen molar-refractivity contribution in [2.75, 3.05) is 27.2 Å². The van der Waals surface area contributed by atoms with E-state index in [2.05, 4.69) is 26.1 Å². The Morgan fingerprint density at radius 3 is 2.42 bits per heavy atom. The van der Waals surface area contributed by atoms with Crippen LogP contribution < -0.4 is 5.32 Å². The van der Waals surface area contributed by atoms with Gasteiger partial charge in [-0.3, -0.25) is 9.59 Å². The number of likely N-dealkylation sites (N-methyl/N-ethyl adjacent to an activating group) is 1. The molecule has 0 saturated heterocycles. The van der Waals surface area contributed by atoms with Crippen molar-refractivity contribution in [2.45, 2.75) is 110 Å². The second-order valence-electron chi connectivity index (χ2n) is 13.9. The summed E-state index contributed by atoms with van der Waals surface area (Å²) in [4.78, 5) is 26.6. The molecule has 9 atom stereocenters. The fourth-order valence-electron chi connectivity index (χ4n) is 9.34. The number of ketones is 1. The van der Waals surface area contributed by atoms with Crippen molar-refractivity contribution >= 4 is 11.7 Å². The van der Waals surface area contributed by atoms with E-state index in [-0.39, 0.29) is 29.3 Å². The van der Waals surface area contributed by atoms with Crippen molar-refractivity contribution < 1.29 is 19.4 Å². The summed E-state index contributed by atoms with van der Waals surface area (Å²) >= 11 is 0. The van der Waals surface area contributed by atoms with Gasteiger partial charge in [-0.25, -0.2) is 0 Å². The lowest BCUT2D eigenvalue weighted by Crippen LogP contribution is -2.56. The number of fused-ring (bicyclic) bond motifs is 5. The standard InChI is InChI=1S/C30H52N2O4/c1-20(33)23-9-10-24-22-8-7-21-19-28(2,15-16-29(21,3)25(22)13-14-30(23,24)4)36-27(35)12-11-26(34)31-17-18-32(5)6/h21-25,27,35H,7-19H2,1-6H3,(H,31,34)/t21-,22-,23+,24-,25-,27?,28+,29-,30+/m0/s1. The van der Waals surface area contributed by atoms with E-state index in [1.54, 1.807) is 0 Å². The first-order chi connectivity index (χ1) is 16.9. The number of rotatable bonds is 9. The first-order valence-corrected chi connectivity index (χ1v) is 14.7. The zero-order valence-electron chi connectivity index (χ0n) is 23.8. The van der Waals surface area contributed by atoms with Gasteiger partial charge in [-0.05, 0) is 120 Å². The van der Waals surface area contributed by atoms with Gasteiger partial charge in [-0.15, -0.1) is 0 Å². The van der Waals surface area contributed by atoms with Crippen LogP contribution in [0.4, 0.5) is 0 Å². The van der Waals surface area contributed by atoms with E-state index in [4.69, 9.17) is 4.74 Å². The number of hydrogen-bond acceptors (Lipinski definition) is 5. The summed E-state index contributed by atoms with van der Waals surface area (Å²) < 4.78 is 6.26. The maximum atomic E-state index is 12.4. The minimum absolute atomic E-state index is 0.0255. The van der Waals surface area contributed by atoms with Crippen molar-refractivity contribution in [3.8, 4) is 0 Å². The van der Waals surface area contributed by atoms with Crippen LogP contribution in [0, 0.1) is 40.4 Å². The van der Waals surface area contributed by atoms with Gasteiger partial charge in [0.2, 0.25) is 5.91 Å². The van der Waals surface area contributed by atoms with Gasteiger partial charge in [-0.2, -0.15) is 0 Å². The Bertz CT molecular complexity index is 817. The van der Waals surface area contributed by atoms with Crippen molar-refractivity contribution in [2.24, 2.45) is 40.4 Å². The van der Waals surface area contributed by atoms with Crippen molar-refractivity contribution in [1.29, 1.82) is 0 Å². The molecule has 36 heavy (non-hydrogen) atoms. The van der Waals surface area contributed by atoms with Crippen LogP contribution in [-0.2, 0) is 14.3 Å². The van der Waals surface area contributed by atoms with E-state index in [0.29, 0.717) is 36.0 Å². The Labute approximate surface area is 219 Å². The summed E-state index contributed by atoms with van der Waals surface area (Å²) in [5.41, 5.74) is 0.220. The van der Waals surface area contributed by atoms with Crippen LogP contribution in [0.15, 0.2) is 0 Å². The third-order valence-electron chi connectivity index (χ3n) is 11.3. The molecule has 1 amide bonds. The molecular formula is C30H52N2O4. The Morgan fingerprint density at radius 1 is 1.00 bits per heavy atom. The van der Waals surface area contributed by atoms with Crippen LogP contribution in [-0.4, -0.2) is 60.8 Å². The smallest absolute Gasteiger partial charge is 0.220 e. The van der Waals surface area contributed by atoms with Crippen LogP contribution in [0.25, 0.3) is 0 Å². The molecule has 0 aromatic rings. The van der Waals surface area contributed by atoms with E-state index in [1.165, 1.54) is 32.1 Å². The molecular weight excluding hydrogens is 452 g/mol. The minimum Gasteiger partial charge on any atom is -0.368 e. The molecule has 206 valence electrons. The number of hydrogen-bond donors (Lipinski definition) is 2.